The molecule has 1 N–H and O–H groups in total. The Bertz CT molecular complexity index is 834. The average Bonchev–Trinajstić information content (AvgIpc) is 2.68. The maximum Gasteiger partial charge on any atom is 0.293 e. The number of rotatable bonds is 5. The summed E-state index contributed by atoms with van der Waals surface area (Å²) in [6, 6.07) is 9.45. The van der Waals surface area contributed by atoms with E-state index < -0.39 is 6.04 Å². The molecular formula is C20H27N5O2. The first-order chi connectivity index (χ1) is 13.0. The highest BCUT2D eigenvalue weighted by molar-refractivity contribution is 5.82. The molecule has 1 saturated heterocycles. The SMILES string of the molecule is CN(C)C(=O)[C@H](N[C@@H]1CCCN(c2nccn(C)c2=O)C1)c1ccccc1. The quantitative estimate of drug-likeness (QED) is 0.857. The van der Waals surface area contributed by atoms with Gasteiger partial charge in [0.05, 0.1) is 0 Å². The molecule has 1 aromatic carbocycles. The van der Waals surface area contributed by atoms with Crippen molar-refractivity contribution in [1.29, 1.82) is 0 Å². The lowest BCUT2D eigenvalue weighted by molar-refractivity contribution is -0.131. The van der Waals surface area contributed by atoms with Crippen LogP contribution in [-0.4, -0.2) is 53.6 Å². The number of carbonyl (C=O) groups is 1. The van der Waals surface area contributed by atoms with Crippen molar-refractivity contribution >= 4 is 11.7 Å². The van der Waals surface area contributed by atoms with Gasteiger partial charge in [0.2, 0.25) is 5.91 Å². The van der Waals surface area contributed by atoms with Gasteiger partial charge in [0, 0.05) is 52.7 Å². The summed E-state index contributed by atoms with van der Waals surface area (Å²) in [5.74, 6) is 0.494. The molecule has 144 valence electrons. The summed E-state index contributed by atoms with van der Waals surface area (Å²) < 4.78 is 1.54. The van der Waals surface area contributed by atoms with Gasteiger partial charge in [-0.3, -0.25) is 14.9 Å². The van der Waals surface area contributed by atoms with E-state index in [9.17, 15) is 9.59 Å². The number of aromatic nitrogens is 2. The Kier molecular flexibility index (Phi) is 5.91. The van der Waals surface area contributed by atoms with Crippen LogP contribution in [0.15, 0.2) is 47.5 Å². The highest BCUT2D eigenvalue weighted by Gasteiger charge is 2.29. The zero-order valence-corrected chi connectivity index (χ0v) is 16.1. The molecule has 1 aliphatic heterocycles. The molecule has 1 amide bonds. The third kappa shape index (κ3) is 4.36. The van der Waals surface area contributed by atoms with Gasteiger partial charge >= 0.3 is 0 Å². The molecule has 2 atom stereocenters. The van der Waals surface area contributed by atoms with Crippen LogP contribution in [0.4, 0.5) is 5.82 Å². The summed E-state index contributed by atoms with van der Waals surface area (Å²) in [5.41, 5.74) is 0.851. The number of piperidine rings is 1. The topological polar surface area (TPSA) is 70.5 Å². The highest BCUT2D eigenvalue weighted by atomic mass is 16.2. The number of nitrogens with zero attached hydrogens (tertiary/aromatic N) is 4. The van der Waals surface area contributed by atoms with Crippen LogP contribution >= 0.6 is 0 Å². The van der Waals surface area contributed by atoms with Crippen LogP contribution < -0.4 is 15.8 Å². The second-order valence-electron chi connectivity index (χ2n) is 7.20. The second-order valence-corrected chi connectivity index (χ2v) is 7.20. The first-order valence-electron chi connectivity index (χ1n) is 9.26. The van der Waals surface area contributed by atoms with Crippen molar-refractivity contribution in [3.63, 3.8) is 0 Å². The van der Waals surface area contributed by atoms with E-state index in [1.54, 1.807) is 43.0 Å². The van der Waals surface area contributed by atoms with Crippen molar-refractivity contribution in [3.05, 3.63) is 58.6 Å². The molecule has 27 heavy (non-hydrogen) atoms. The highest BCUT2D eigenvalue weighted by Crippen LogP contribution is 2.20. The van der Waals surface area contributed by atoms with Crippen LogP contribution in [0.3, 0.4) is 0 Å². The van der Waals surface area contributed by atoms with Crippen LogP contribution in [0.5, 0.6) is 0 Å². The number of nitrogens with one attached hydrogen (secondary N) is 1. The Balaban J connectivity index is 1.79. The third-order valence-corrected chi connectivity index (χ3v) is 4.94. The Labute approximate surface area is 159 Å². The fraction of sp³-hybridized carbons (Fsp3) is 0.450. The molecule has 1 aromatic heterocycles. The molecule has 7 nitrogen and oxygen atoms in total. The number of benzene rings is 1. The molecule has 0 bridgehead atoms. The molecule has 7 heteroatoms. The maximum atomic E-state index is 12.8. The monoisotopic (exact) mass is 369 g/mol. The summed E-state index contributed by atoms with van der Waals surface area (Å²) in [6.07, 6.45) is 5.20. The smallest absolute Gasteiger partial charge is 0.293 e. The predicted octanol–water partition coefficient (Wildman–Crippen LogP) is 1.17. The lowest BCUT2D eigenvalue weighted by atomic mass is 10.0. The van der Waals surface area contributed by atoms with E-state index in [4.69, 9.17) is 0 Å². The lowest BCUT2D eigenvalue weighted by Gasteiger charge is -2.36. The zero-order valence-electron chi connectivity index (χ0n) is 16.1. The molecule has 0 saturated carbocycles. The summed E-state index contributed by atoms with van der Waals surface area (Å²) in [5, 5.41) is 3.52. The average molecular weight is 369 g/mol. The first kappa shape index (κ1) is 19.1. The molecule has 2 heterocycles. The van der Waals surface area contributed by atoms with Crippen molar-refractivity contribution in [2.24, 2.45) is 7.05 Å². The van der Waals surface area contributed by atoms with Crippen LogP contribution in [0.25, 0.3) is 0 Å². The van der Waals surface area contributed by atoms with Crippen molar-refractivity contribution < 1.29 is 4.79 Å². The summed E-state index contributed by atoms with van der Waals surface area (Å²) in [6.45, 7) is 1.44. The molecule has 0 unspecified atom stereocenters. The Hall–Kier alpha value is -2.67. The van der Waals surface area contributed by atoms with Gasteiger partial charge in [-0.1, -0.05) is 30.3 Å². The molecule has 3 rings (SSSR count). The van der Waals surface area contributed by atoms with E-state index in [-0.39, 0.29) is 17.5 Å². The summed E-state index contributed by atoms with van der Waals surface area (Å²) in [7, 11) is 5.27. The summed E-state index contributed by atoms with van der Waals surface area (Å²) >= 11 is 0. The van der Waals surface area contributed by atoms with Gasteiger partial charge in [-0.05, 0) is 18.4 Å². The largest absolute Gasteiger partial charge is 0.350 e. The van der Waals surface area contributed by atoms with Crippen LogP contribution in [-0.2, 0) is 11.8 Å². The van der Waals surface area contributed by atoms with E-state index in [1.807, 2.05) is 35.2 Å². The van der Waals surface area contributed by atoms with Gasteiger partial charge in [0.25, 0.3) is 5.56 Å². The zero-order chi connectivity index (χ0) is 19.4. The Morgan fingerprint density at radius 3 is 2.74 bits per heavy atom. The van der Waals surface area contributed by atoms with Gasteiger partial charge in [-0.2, -0.15) is 0 Å². The minimum atomic E-state index is -0.405. The Morgan fingerprint density at radius 2 is 2.04 bits per heavy atom. The standard InChI is InChI=1S/C20H27N5O2/c1-23(2)19(26)17(15-8-5-4-6-9-15)22-16-10-7-12-25(14-16)18-20(27)24(3)13-11-21-18/h4-6,8-9,11,13,16-17,22H,7,10,12,14H2,1-3H3/t16-,17-/m1/s1. The molecule has 0 aliphatic carbocycles. The van der Waals surface area contributed by atoms with Gasteiger partial charge < -0.3 is 14.4 Å². The first-order valence-corrected chi connectivity index (χ1v) is 9.26. The summed E-state index contributed by atoms with van der Waals surface area (Å²) in [4.78, 5) is 33.1. The van der Waals surface area contributed by atoms with Crippen LogP contribution in [0.2, 0.25) is 0 Å². The molecule has 1 fully saturated rings. The number of hydrogen-bond donors (Lipinski definition) is 1. The van der Waals surface area contributed by atoms with E-state index in [1.165, 1.54) is 0 Å². The van der Waals surface area contributed by atoms with Crippen molar-refractivity contribution in [1.82, 2.24) is 19.8 Å². The lowest BCUT2D eigenvalue weighted by Crippen LogP contribution is -2.51. The van der Waals surface area contributed by atoms with Crippen molar-refractivity contribution in [2.45, 2.75) is 24.9 Å². The molecule has 2 aromatic rings. The fourth-order valence-electron chi connectivity index (χ4n) is 3.46. The van der Waals surface area contributed by atoms with E-state index >= 15 is 0 Å². The van der Waals surface area contributed by atoms with Gasteiger partial charge in [0.1, 0.15) is 6.04 Å². The van der Waals surface area contributed by atoms with Crippen LogP contribution in [0.1, 0.15) is 24.4 Å². The normalized spacial score (nSPS) is 18.2. The maximum absolute atomic E-state index is 12.8. The second kappa shape index (κ2) is 8.35. The minimum absolute atomic E-state index is 0.0204. The molecule has 0 spiro atoms. The van der Waals surface area contributed by atoms with Crippen LogP contribution in [0, 0.1) is 0 Å². The number of carbonyl (C=O) groups excluding carboxylic acids is 1. The minimum Gasteiger partial charge on any atom is -0.350 e. The number of likely N-dealkylation sites (N-methyl/N-ethyl adjacent to an activating group) is 1. The van der Waals surface area contributed by atoms with Gasteiger partial charge in [-0.25, -0.2) is 4.98 Å². The molecular weight excluding hydrogens is 342 g/mol. The fourth-order valence-corrected chi connectivity index (χ4v) is 3.46. The molecule has 0 radical (unpaired) electrons. The Morgan fingerprint density at radius 1 is 1.30 bits per heavy atom. The van der Waals surface area contributed by atoms with Gasteiger partial charge in [0.15, 0.2) is 5.82 Å². The van der Waals surface area contributed by atoms with E-state index in [0.29, 0.717) is 12.4 Å². The number of hydrogen-bond acceptors (Lipinski definition) is 5. The van der Waals surface area contributed by atoms with E-state index in [2.05, 4.69) is 10.3 Å². The van der Waals surface area contributed by atoms with Crippen molar-refractivity contribution in [3.8, 4) is 0 Å². The number of aryl methyl sites for hydroxylation is 1. The number of anilines is 1. The van der Waals surface area contributed by atoms with E-state index in [0.717, 1.165) is 24.9 Å². The molecule has 1 aliphatic rings. The van der Waals surface area contributed by atoms with Crippen molar-refractivity contribution in [2.75, 3.05) is 32.1 Å². The number of amides is 1. The van der Waals surface area contributed by atoms with Gasteiger partial charge in [-0.15, -0.1) is 0 Å². The predicted molar refractivity (Wildman–Crippen MR) is 106 cm³/mol. The third-order valence-electron chi connectivity index (χ3n) is 4.94.